The Kier molecular flexibility index (Phi) is 5.04. The molecule has 5 heteroatoms. The smallest absolute Gasteiger partial charge is 0.225 e. The minimum absolute atomic E-state index is 0.670. The number of aromatic nitrogens is 2. The molecule has 21 heavy (non-hydrogen) atoms. The number of likely N-dealkylation sites (tertiary alicyclic amines) is 1. The summed E-state index contributed by atoms with van der Waals surface area (Å²) in [6.45, 7) is 8.10. The number of piperidine rings is 2. The van der Waals surface area contributed by atoms with Crippen molar-refractivity contribution in [1.82, 2.24) is 20.2 Å². The van der Waals surface area contributed by atoms with Crippen molar-refractivity contribution in [3.63, 3.8) is 0 Å². The summed E-state index contributed by atoms with van der Waals surface area (Å²) in [7, 11) is 0. The standard InChI is InChI=1S/C16H27N5/c1-2-20-10-4-14(5-11-20)19-15-6-12-21(13-7-15)16-17-8-3-9-18-16/h3,8-9,14-15,19H,2,4-7,10-13H2,1H3. The van der Waals surface area contributed by atoms with Crippen LogP contribution < -0.4 is 10.2 Å². The van der Waals surface area contributed by atoms with Crippen molar-refractivity contribution in [2.24, 2.45) is 0 Å². The third-order valence-corrected chi connectivity index (χ3v) is 4.84. The summed E-state index contributed by atoms with van der Waals surface area (Å²) in [6.07, 6.45) is 8.66. The summed E-state index contributed by atoms with van der Waals surface area (Å²) < 4.78 is 0. The number of anilines is 1. The first kappa shape index (κ1) is 14.7. The second-order valence-electron chi connectivity index (χ2n) is 6.19. The van der Waals surface area contributed by atoms with Gasteiger partial charge in [-0.05, 0) is 51.4 Å². The number of nitrogens with zero attached hydrogens (tertiary/aromatic N) is 4. The molecule has 0 bridgehead atoms. The van der Waals surface area contributed by atoms with Gasteiger partial charge in [-0.3, -0.25) is 0 Å². The maximum absolute atomic E-state index is 4.35. The van der Waals surface area contributed by atoms with Gasteiger partial charge < -0.3 is 15.1 Å². The van der Waals surface area contributed by atoms with Crippen LogP contribution in [0.1, 0.15) is 32.6 Å². The van der Waals surface area contributed by atoms with Gasteiger partial charge in [0.15, 0.2) is 0 Å². The molecule has 0 aromatic carbocycles. The second-order valence-corrected chi connectivity index (χ2v) is 6.19. The van der Waals surface area contributed by atoms with E-state index in [0.717, 1.165) is 25.1 Å². The predicted molar refractivity (Wildman–Crippen MR) is 85.5 cm³/mol. The van der Waals surface area contributed by atoms with Crippen molar-refractivity contribution in [2.75, 3.05) is 37.6 Å². The molecular formula is C16H27N5. The molecule has 2 fully saturated rings. The minimum atomic E-state index is 0.670. The molecule has 116 valence electrons. The predicted octanol–water partition coefficient (Wildman–Crippen LogP) is 1.52. The Morgan fingerprint density at radius 2 is 1.57 bits per heavy atom. The number of hydrogen-bond acceptors (Lipinski definition) is 5. The normalized spacial score (nSPS) is 22.6. The Morgan fingerprint density at radius 1 is 1.00 bits per heavy atom. The molecular weight excluding hydrogens is 262 g/mol. The summed E-state index contributed by atoms with van der Waals surface area (Å²) in [5, 5.41) is 3.88. The average Bonchev–Trinajstić information content (AvgIpc) is 2.57. The average molecular weight is 289 g/mol. The largest absolute Gasteiger partial charge is 0.341 e. The highest BCUT2D eigenvalue weighted by molar-refractivity contribution is 5.29. The molecule has 0 spiro atoms. The Balaban J connectivity index is 1.42. The van der Waals surface area contributed by atoms with Crippen molar-refractivity contribution in [2.45, 2.75) is 44.7 Å². The van der Waals surface area contributed by atoms with E-state index in [1.807, 2.05) is 18.5 Å². The zero-order valence-corrected chi connectivity index (χ0v) is 13.0. The van der Waals surface area contributed by atoms with Gasteiger partial charge in [-0.1, -0.05) is 6.92 Å². The topological polar surface area (TPSA) is 44.3 Å². The highest BCUT2D eigenvalue weighted by Gasteiger charge is 2.24. The van der Waals surface area contributed by atoms with Gasteiger partial charge in [-0.25, -0.2) is 9.97 Å². The van der Waals surface area contributed by atoms with Crippen molar-refractivity contribution in [1.29, 1.82) is 0 Å². The first-order valence-electron chi connectivity index (χ1n) is 8.35. The molecule has 0 radical (unpaired) electrons. The lowest BCUT2D eigenvalue weighted by molar-refractivity contribution is 0.194. The van der Waals surface area contributed by atoms with Crippen molar-refractivity contribution < 1.29 is 0 Å². The van der Waals surface area contributed by atoms with E-state index in [0.29, 0.717) is 6.04 Å². The molecule has 0 unspecified atom stereocenters. The van der Waals surface area contributed by atoms with Gasteiger partial charge in [-0.15, -0.1) is 0 Å². The van der Waals surface area contributed by atoms with Gasteiger partial charge in [-0.2, -0.15) is 0 Å². The fraction of sp³-hybridized carbons (Fsp3) is 0.750. The van der Waals surface area contributed by atoms with Crippen LogP contribution in [0, 0.1) is 0 Å². The fourth-order valence-corrected chi connectivity index (χ4v) is 3.45. The Morgan fingerprint density at radius 3 is 2.14 bits per heavy atom. The van der Waals surface area contributed by atoms with Gasteiger partial charge >= 0.3 is 0 Å². The fourth-order valence-electron chi connectivity index (χ4n) is 3.45. The van der Waals surface area contributed by atoms with Crippen LogP contribution in [0.2, 0.25) is 0 Å². The molecule has 1 aromatic heterocycles. The van der Waals surface area contributed by atoms with E-state index in [-0.39, 0.29) is 0 Å². The van der Waals surface area contributed by atoms with Gasteiger partial charge in [0.2, 0.25) is 5.95 Å². The van der Waals surface area contributed by atoms with E-state index < -0.39 is 0 Å². The van der Waals surface area contributed by atoms with Crippen LogP contribution in [-0.2, 0) is 0 Å². The highest BCUT2D eigenvalue weighted by atomic mass is 15.3. The zero-order chi connectivity index (χ0) is 14.5. The van der Waals surface area contributed by atoms with Gasteiger partial charge in [0, 0.05) is 37.6 Å². The lowest BCUT2D eigenvalue weighted by atomic mass is 9.99. The molecule has 2 aliphatic rings. The van der Waals surface area contributed by atoms with Crippen LogP contribution in [0.5, 0.6) is 0 Å². The molecule has 2 aliphatic heterocycles. The minimum Gasteiger partial charge on any atom is -0.341 e. The van der Waals surface area contributed by atoms with Crippen molar-refractivity contribution >= 4 is 5.95 Å². The van der Waals surface area contributed by atoms with Gasteiger partial charge in [0.05, 0.1) is 0 Å². The van der Waals surface area contributed by atoms with E-state index >= 15 is 0 Å². The Labute approximate surface area is 127 Å². The lowest BCUT2D eigenvalue weighted by Crippen LogP contribution is -2.50. The van der Waals surface area contributed by atoms with Crippen molar-refractivity contribution in [3.05, 3.63) is 18.5 Å². The van der Waals surface area contributed by atoms with Crippen LogP contribution >= 0.6 is 0 Å². The summed E-state index contributed by atoms with van der Waals surface area (Å²) >= 11 is 0. The maximum Gasteiger partial charge on any atom is 0.225 e. The molecule has 0 amide bonds. The van der Waals surface area contributed by atoms with Crippen LogP contribution in [0.15, 0.2) is 18.5 Å². The molecule has 1 aromatic rings. The summed E-state index contributed by atoms with van der Waals surface area (Å²) in [5.74, 6) is 0.882. The van der Waals surface area contributed by atoms with E-state index in [9.17, 15) is 0 Å². The third-order valence-electron chi connectivity index (χ3n) is 4.84. The molecule has 5 nitrogen and oxygen atoms in total. The van der Waals surface area contributed by atoms with E-state index in [2.05, 4.69) is 32.0 Å². The first-order chi connectivity index (χ1) is 10.3. The van der Waals surface area contributed by atoms with Crippen LogP contribution in [0.4, 0.5) is 5.95 Å². The second kappa shape index (κ2) is 7.18. The van der Waals surface area contributed by atoms with Crippen LogP contribution in [0.3, 0.4) is 0 Å². The molecule has 2 saturated heterocycles. The van der Waals surface area contributed by atoms with E-state index in [4.69, 9.17) is 0 Å². The maximum atomic E-state index is 4.35. The van der Waals surface area contributed by atoms with Crippen LogP contribution in [-0.4, -0.2) is 59.7 Å². The van der Waals surface area contributed by atoms with Gasteiger partial charge in [0.1, 0.15) is 0 Å². The number of hydrogen-bond donors (Lipinski definition) is 1. The summed E-state index contributed by atoms with van der Waals surface area (Å²) in [5.41, 5.74) is 0. The SMILES string of the molecule is CCN1CCC(NC2CCN(c3ncccn3)CC2)CC1. The number of nitrogens with one attached hydrogen (secondary N) is 1. The quantitative estimate of drug-likeness (QED) is 0.910. The first-order valence-corrected chi connectivity index (χ1v) is 8.35. The number of rotatable bonds is 4. The Hall–Kier alpha value is -1.20. The molecule has 3 heterocycles. The summed E-state index contributed by atoms with van der Waals surface area (Å²) in [4.78, 5) is 13.6. The lowest BCUT2D eigenvalue weighted by Gasteiger charge is -2.37. The molecule has 0 saturated carbocycles. The van der Waals surface area contributed by atoms with E-state index in [1.54, 1.807) is 0 Å². The molecule has 3 rings (SSSR count). The summed E-state index contributed by atoms with van der Waals surface area (Å²) in [6, 6.07) is 3.26. The zero-order valence-electron chi connectivity index (χ0n) is 13.0. The van der Waals surface area contributed by atoms with Gasteiger partial charge in [0.25, 0.3) is 0 Å². The molecule has 0 aliphatic carbocycles. The monoisotopic (exact) mass is 289 g/mol. The van der Waals surface area contributed by atoms with E-state index in [1.165, 1.54) is 45.3 Å². The van der Waals surface area contributed by atoms with Crippen molar-refractivity contribution in [3.8, 4) is 0 Å². The highest BCUT2D eigenvalue weighted by Crippen LogP contribution is 2.18. The van der Waals surface area contributed by atoms with Crippen LogP contribution in [0.25, 0.3) is 0 Å². The molecule has 1 N–H and O–H groups in total. The molecule has 0 atom stereocenters. The third kappa shape index (κ3) is 3.92. The Bertz CT molecular complexity index is 408.